The summed E-state index contributed by atoms with van der Waals surface area (Å²) in [7, 11) is 0. The second kappa shape index (κ2) is 5.79. The Kier molecular flexibility index (Phi) is 3.81. The smallest absolute Gasteiger partial charge is 0.329 e. The van der Waals surface area contributed by atoms with Gasteiger partial charge in [-0.25, -0.2) is 9.48 Å². The second-order valence-electron chi connectivity index (χ2n) is 5.71. The molecule has 1 saturated carbocycles. The SMILES string of the molecule is Cc1nnnn1C(C(=O)NC1(C(=O)O)CCC1)c1ccccc1. The molecule has 1 unspecified atom stereocenters. The van der Waals surface area contributed by atoms with Gasteiger partial charge >= 0.3 is 5.97 Å². The summed E-state index contributed by atoms with van der Waals surface area (Å²) in [5, 5.41) is 23.4. The fraction of sp³-hybridized carbons (Fsp3) is 0.400. The van der Waals surface area contributed by atoms with Crippen LogP contribution in [0.5, 0.6) is 0 Å². The van der Waals surface area contributed by atoms with E-state index in [4.69, 9.17) is 0 Å². The Labute approximate surface area is 132 Å². The molecule has 1 amide bonds. The second-order valence-corrected chi connectivity index (χ2v) is 5.71. The molecular formula is C15H17N5O3. The van der Waals surface area contributed by atoms with Crippen LogP contribution in [-0.4, -0.2) is 42.7 Å². The fourth-order valence-corrected chi connectivity index (χ4v) is 2.74. The topological polar surface area (TPSA) is 110 Å². The maximum atomic E-state index is 12.8. The van der Waals surface area contributed by atoms with E-state index in [0.29, 0.717) is 24.2 Å². The first-order chi connectivity index (χ1) is 11.0. The van der Waals surface area contributed by atoms with E-state index in [1.807, 2.05) is 18.2 Å². The quantitative estimate of drug-likeness (QED) is 0.840. The van der Waals surface area contributed by atoms with E-state index in [9.17, 15) is 14.7 Å². The highest BCUT2D eigenvalue weighted by Crippen LogP contribution is 2.33. The van der Waals surface area contributed by atoms with Gasteiger partial charge in [-0.3, -0.25) is 4.79 Å². The zero-order valence-electron chi connectivity index (χ0n) is 12.6. The van der Waals surface area contributed by atoms with Crippen molar-refractivity contribution in [2.24, 2.45) is 0 Å². The number of carbonyl (C=O) groups excluding carboxylic acids is 1. The molecule has 0 spiro atoms. The Bertz CT molecular complexity index is 724. The van der Waals surface area contributed by atoms with Gasteiger partial charge in [-0.1, -0.05) is 30.3 Å². The van der Waals surface area contributed by atoms with Crippen LogP contribution in [0.1, 0.15) is 36.7 Å². The molecule has 1 aliphatic carbocycles. The number of carboxylic acids is 1. The molecule has 8 heteroatoms. The van der Waals surface area contributed by atoms with Crippen LogP contribution in [0, 0.1) is 6.92 Å². The van der Waals surface area contributed by atoms with Crippen molar-refractivity contribution in [3.8, 4) is 0 Å². The number of amides is 1. The predicted molar refractivity (Wildman–Crippen MR) is 79.5 cm³/mol. The van der Waals surface area contributed by atoms with E-state index in [0.717, 1.165) is 6.42 Å². The van der Waals surface area contributed by atoms with E-state index in [1.54, 1.807) is 19.1 Å². The zero-order chi connectivity index (χ0) is 16.4. The van der Waals surface area contributed by atoms with Gasteiger partial charge in [0.1, 0.15) is 11.4 Å². The normalized spacial score (nSPS) is 17.1. The van der Waals surface area contributed by atoms with Crippen LogP contribution in [0.3, 0.4) is 0 Å². The fourth-order valence-electron chi connectivity index (χ4n) is 2.74. The summed E-state index contributed by atoms with van der Waals surface area (Å²) in [5.74, 6) is -0.946. The van der Waals surface area contributed by atoms with Crippen LogP contribution in [-0.2, 0) is 9.59 Å². The molecule has 3 rings (SSSR count). The highest BCUT2D eigenvalue weighted by Gasteiger charge is 2.47. The monoisotopic (exact) mass is 315 g/mol. The van der Waals surface area contributed by atoms with E-state index in [2.05, 4.69) is 20.8 Å². The number of hydrogen-bond acceptors (Lipinski definition) is 5. The zero-order valence-corrected chi connectivity index (χ0v) is 12.6. The minimum Gasteiger partial charge on any atom is -0.480 e. The van der Waals surface area contributed by atoms with Crippen molar-refractivity contribution in [2.45, 2.75) is 37.8 Å². The van der Waals surface area contributed by atoms with Gasteiger partial charge < -0.3 is 10.4 Å². The average Bonchev–Trinajstić information content (AvgIpc) is 2.90. The van der Waals surface area contributed by atoms with E-state index in [1.165, 1.54) is 4.68 Å². The van der Waals surface area contributed by atoms with Crippen molar-refractivity contribution in [3.05, 3.63) is 41.7 Å². The average molecular weight is 315 g/mol. The number of aromatic nitrogens is 4. The molecule has 0 radical (unpaired) electrons. The summed E-state index contributed by atoms with van der Waals surface area (Å²) >= 11 is 0. The van der Waals surface area contributed by atoms with Crippen LogP contribution in [0.25, 0.3) is 0 Å². The Hall–Kier alpha value is -2.77. The van der Waals surface area contributed by atoms with Crippen molar-refractivity contribution in [1.82, 2.24) is 25.5 Å². The molecule has 0 aliphatic heterocycles. The van der Waals surface area contributed by atoms with Crippen LogP contribution < -0.4 is 5.32 Å². The first-order valence-electron chi connectivity index (χ1n) is 7.38. The third-order valence-electron chi connectivity index (χ3n) is 4.24. The molecule has 8 nitrogen and oxygen atoms in total. The number of carboxylic acid groups (broad SMARTS) is 1. The molecule has 1 aliphatic rings. The molecule has 1 aromatic carbocycles. The molecular weight excluding hydrogens is 298 g/mol. The first-order valence-corrected chi connectivity index (χ1v) is 7.38. The molecule has 1 heterocycles. The summed E-state index contributed by atoms with van der Waals surface area (Å²) in [4.78, 5) is 24.3. The number of rotatable bonds is 5. The number of hydrogen-bond donors (Lipinski definition) is 2. The number of aliphatic carboxylic acids is 1. The van der Waals surface area contributed by atoms with Gasteiger partial charge in [0.05, 0.1) is 0 Å². The molecule has 1 atom stereocenters. The van der Waals surface area contributed by atoms with E-state index in [-0.39, 0.29) is 0 Å². The van der Waals surface area contributed by atoms with Gasteiger partial charge in [-0.15, -0.1) is 5.10 Å². The lowest BCUT2D eigenvalue weighted by Crippen LogP contribution is -2.60. The molecule has 0 bridgehead atoms. The highest BCUT2D eigenvalue weighted by molar-refractivity contribution is 5.91. The van der Waals surface area contributed by atoms with E-state index < -0.39 is 23.5 Å². The number of aryl methyl sites for hydroxylation is 1. The van der Waals surface area contributed by atoms with Crippen molar-refractivity contribution < 1.29 is 14.7 Å². The number of benzene rings is 1. The van der Waals surface area contributed by atoms with Gasteiger partial charge in [0, 0.05) is 0 Å². The minimum atomic E-state index is -1.17. The van der Waals surface area contributed by atoms with Crippen molar-refractivity contribution in [2.75, 3.05) is 0 Å². The molecule has 120 valence electrons. The Morgan fingerprint density at radius 2 is 2.00 bits per heavy atom. The third-order valence-corrected chi connectivity index (χ3v) is 4.24. The maximum Gasteiger partial charge on any atom is 0.329 e. The summed E-state index contributed by atoms with van der Waals surface area (Å²) in [6, 6.07) is 8.24. The third kappa shape index (κ3) is 2.67. The van der Waals surface area contributed by atoms with Crippen molar-refractivity contribution in [1.29, 1.82) is 0 Å². The lowest BCUT2D eigenvalue weighted by molar-refractivity contribution is -0.152. The number of nitrogens with one attached hydrogen (secondary N) is 1. The highest BCUT2D eigenvalue weighted by atomic mass is 16.4. The lowest BCUT2D eigenvalue weighted by atomic mass is 9.76. The van der Waals surface area contributed by atoms with Gasteiger partial charge in [0.2, 0.25) is 0 Å². The summed E-state index contributed by atoms with van der Waals surface area (Å²) in [6.07, 6.45) is 1.65. The van der Waals surface area contributed by atoms with E-state index >= 15 is 0 Å². The Balaban J connectivity index is 1.94. The van der Waals surface area contributed by atoms with Crippen molar-refractivity contribution >= 4 is 11.9 Å². The number of carbonyl (C=O) groups is 2. The van der Waals surface area contributed by atoms with Gasteiger partial charge in [0.25, 0.3) is 5.91 Å². The van der Waals surface area contributed by atoms with Crippen LogP contribution in [0.2, 0.25) is 0 Å². The minimum absolute atomic E-state index is 0.422. The lowest BCUT2D eigenvalue weighted by Gasteiger charge is -2.39. The molecule has 0 saturated heterocycles. The van der Waals surface area contributed by atoms with Gasteiger partial charge in [0.15, 0.2) is 6.04 Å². The predicted octanol–water partition coefficient (Wildman–Crippen LogP) is 0.694. The Morgan fingerprint density at radius 3 is 2.48 bits per heavy atom. The van der Waals surface area contributed by atoms with Gasteiger partial charge in [-0.2, -0.15) is 0 Å². The molecule has 1 aromatic heterocycles. The summed E-state index contributed by atoms with van der Waals surface area (Å²) < 4.78 is 1.40. The number of nitrogens with zero attached hydrogens (tertiary/aromatic N) is 4. The van der Waals surface area contributed by atoms with Crippen LogP contribution in [0.15, 0.2) is 30.3 Å². The molecule has 1 fully saturated rings. The molecule has 2 aromatic rings. The first kappa shape index (κ1) is 15.1. The Morgan fingerprint density at radius 1 is 1.30 bits per heavy atom. The molecule has 23 heavy (non-hydrogen) atoms. The van der Waals surface area contributed by atoms with Gasteiger partial charge in [-0.05, 0) is 42.2 Å². The van der Waals surface area contributed by atoms with Crippen LogP contribution >= 0.6 is 0 Å². The summed E-state index contributed by atoms with van der Waals surface area (Å²) in [6.45, 7) is 1.69. The number of tetrazole rings is 1. The maximum absolute atomic E-state index is 12.8. The standard InChI is InChI=1S/C15H17N5O3/c1-10-17-18-19-20(10)12(11-6-3-2-4-7-11)13(21)16-15(14(22)23)8-5-9-15/h2-4,6-7,12H,5,8-9H2,1H3,(H,16,21)(H,22,23). The van der Waals surface area contributed by atoms with Crippen LogP contribution in [0.4, 0.5) is 0 Å². The van der Waals surface area contributed by atoms with Crippen molar-refractivity contribution in [3.63, 3.8) is 0 Å². The largest absolute Gasteiger partial charge is 0.480 e. The molecule has 2 N–H and O–H groups in total. The summed E-state index contributed by atoms with van der Waals surface area (Å²) in [5.41, 5.74) is -0.480.